The maximum Gasteiger partial charge on any atom is 0.312 e. The first-order valence-corrected chi connectivity index (χ1v) is 6.99. The Hall–Kier alpha value is -2.69. The zero-order valence-electron chi connectivity index (χ0n) is 12.3. The molecule has 0 unspecified atom stereocenters. The second kappa shape index (κ2) is 5.26. The molecule has 0 aromatic heterocycles. The number of nitrogens with zero attached hydrogens (tertiary/aromatic N) is 1. The van der Waals surface area contributed by atoms with Gasteiger partial charge in [0.1, 0.15) is 0 Å². The lowest BCUT2D eigenvalue weighted by Gasteiger charge is -2.11. The molecule has 0 spiro atoms. The molecule has 1 atom stereocenters. The molecular formula is C17H15NO4. The number of non-ortho nitro benzene ring substituents is 1. The van der Waals surface area contributed by atoms with Crippen LogP contribution in [0.3, 0.4) is 0 Å². The second-order valence-electron chi connectivity index (χ2n) is 5.44. The molecule has 22 heavy (non-hydrogen) atoms. The lowest BCUT2D eigenvalue weighted by atomic mass is 9.96. The van der Waals surface area contributed by atoms with E-state index in [1.54, 1.807) is 19.1 Å². The molecule has 0 aliphatic heterocycles. The minimum atomic E-state index is -0.381. The Morgan fingerprint density at radius 3 is 2.45 bits per heavy atom. The largest absolute Gasteiger partial charge is 0.469 e. The monoisotopic (exact) mass is 297 g/mol. The first-order chi connectivity index (χ1) is 10.5. The van der Waals surface area contributed by atoms with Crippen LogP contribution in [0.4, 0.5) is 5.69 Å². The summed E-state index contributed by atoms with van der Waals surface area (Å²) < 4.78 is 4.78. The van der Waals surface area contributed by atoms with E-state index in [9.17, 15) is 14.9 Å². The topological polar surface area (TPSA) is 69.4 Å². The number of carbonyl (C=O) groups is 1. The normalized spacial score (nSPS) is 13.2. The van der Waals surface area contributed by atoms with Gasteiger partial charge in [-0.25, -0.2) is 0 Å². The Morgan fingerprint density at radius 1 is 1.18 bits per heavy atom. The molecule has 0 bridgehead atoms. The van der Waals surface area contributed by atoms with Gasteiger partial charge in [-0.15, -0.1) is 0 Å². The van der Waals surface area contributed by atoms with Crippen LogP contribution in [0, 0.1) is 10.1 Å². The van der Waals surface area contributed by atoms with E-state index in [-0.39, 0.29) is 22.5 Å². The van der Waals surface area contributed by atoms with Gasteiger partial charge >= 0.3 is 5.97 Å². The van der Waals surface area contributed by atoms with E-state index in [0.717, 1.165) is 27.8 Å². The molecule has 3 rings (SSSR count). The molecule has 5 nitrogen and oxygen atoms in total. The van der Waals surface area contributed by atoms with Crippen molar-refractivity contribution in [2.45, 2.75) is 19.3 Å². The van der Waals surface area contributed by atoms with E-state index < -0.39 is 0 Å². The smallest absolute Gasteiger partial charge is 0.312 e. The molecule has 0 radical (unpaired) electrons. The molecule has 2 aromatic carbocycles. The summed E-state index contributed by atoms with van der Waals surface area (Å²) in [5.41, 5.74) is 5.14. The highest BCUT2D eigenvalue weighted by molar-refractivity contribution is 5.81. The van der Waals surface area contributed by atoms with Gasteiger partial charge < -0.3 is 4.74 Å². The number of methoxy groups -OCH3 is 1. The van der Waals surface area contributed by atoms with E-state index in [1.807, 2.05) is 18.2 Å². The lowest BCUT2D eigenvalue weighted by Crippen LogP contribution is -2.10. The van der Waals surface area contributed by atoms with Crippen LogP contribution < -0.4 is 0 Å². The fourth-order valence-electron chi connectivity index (χ4n) is 2.91. The average molecular weight is 297 g/mol. The third-order valence-electron chi connectivity index (χ3n) is 4.15. The summed E-state index contributed by atoms with van der Waals surface area (Å²) in [4.78, 5) is 22.2. The highest BCUT2D eigenvalue weighted by atomic mass is 16.6. The summed E-state index contributed by atoms with van der Waals surface area (Å²) in [6, 6.07) is 10.8. The Balaban J connectivity index is 1.98. The Morgan fingerprint density at radius 2 is 1.82 bits per heavy atom. The van der Waals surface area contributed by atoms with Crippen LogP contribution >= 0.6 is 0 Å². The van der Waals surface area contributed by atoms with Crippen molar-refractivity contribution in [3.63, 3.8) is 0 Å². The van der Waals surface area contributed by atoms with E-state index in [1.165, 1.54) is 13.2 Å². The van der Waals surface area contributed by atoms with Crippen LogP contribution in [0.5, 0.6) is 0 Å². The van der Waals surface area contributed by atoms with Gasteiger partial charge in [-0.1, -0.05) is 18.2 Å². The van der Waals surface area contributed by atoms with Crippen LogP contribution in [-0.2, 0) is 16.0 Å². The number of ether oxygens (including phenoxy) is 1. The number of hydrogen-bond acceptors (Lipinski definition) is 4. The van der Waals surface area contributed by atoms with Crippen LogP contribution in [0.25, 0.3) is 11.1 Å². The van der Waals surface area contributed by atoms with Crippen molar-refractivity contribution in [1.29, 1.82) is 0 Å². The van der Waals surface area contributed by atoms with E-state index in [0.29, 0.717) is 6.42 Å². The third kappa shape index (κ3) is 2.24. The average Bonchev–Trinajstić information content (AvgIpc) is 2.89. The fourth-order valence-corrected chi connectivity index (χ4v) is 2.91. The van der Waals surface area contributed by atoms with Crippen molar-refractivity contribution in [1.82, 2.24) is 0 Å². The van der Waals surface area contributed by atoms with Crippen molar-refractivity contribution < 1.29 is 14.5 Å². The minimum absolute atomic E-state index is 0.106. The van der Waals surface area contributed by atoms with Crippen molar-refractivity contribution in [2.75, 3.05) is 7.11 Å². The van der Waals surface area contributed by atoms with Gasteiger partial charge in [0.25, 0.3) is 5.69 Å². The molecule has 0 saturated heterocycles. The zero-order chi connectivity index (χ0) is 15.9. The van der Waals surface area contributed by atoms with E-state index in [2.05, 4.69) is 0 Å². The van der Waals surface area contributed by atoms with Crippen molar-refractivity contribution in [3.05, 3.63) is 63.2 Å². The summed E-state index contributed by atoms with van der Waals surface area (Å²) >= 11 is 0. The summed E-state index contributed by atoms with van der Waals surface area (Å²) in [7, 11) is 1.38. The van der Waals surface area contributed by atoms with Gasteiger partial charge in [0.15, 0.2) is 0 Å². The molecular weight excluding hydrogens is 282 g/mol. The molecule has 0 saturated carbocycles. The molecule has 0 fully saturated rings. The lowest BCUT2D eigenvalue weighted by molar-refractivity contribution is -0.384. The van der Waals surface area contributed by atoms with Gasteiger partial charge in [0, 0.05) is 12.1 Å². The van der Waals surface area contributed by atoms with Crippen molar-refractivity contribution in [2.24, 2.45) is 0 Å². The summed E-state index contributed by atoms with van der Waals surface area (Å²) in [5.74, 6) is -0.598. The van der Waals surface area contributed by atoms with Crippen LogP contribution in [-0.4, -0.2) is 18.0 Å². The van der Waals surface area contributed by atoms with Gasteiger partial charge in [-0.2, -0.15) is 0 Å². The minimum Gasteiger partial charge on any atom is -0.469 e. The molecule has 112 valence electrons. The first-order valence-electron chi connectivity index (χ1n) is 6.99. The maximum absolute atomic E-state index is 11.7. The van der Waals surface area contributed by atoms with Gasteiger partial charge in [0.05, 0.1) is 18.0 Å². The summed E-state index contributed by atoms with van der Waals surface area (Å²) in [5, 5.41) is 10.9. The van der Waals surface area contributed by atoms with E-state index in [4.69, 9.17) is 4.74 Å². The predicted molar refractivity (Wildman–Crippen MR) is 81.8 cm³/mol. The molecule has 1 aliphatic rings. The third-order valence-corrected chi connectivity index (χ3v) is 4.15. The van der Waals surface area contributed by atoms with Gasteiger partial charge in [-0.05, 0) is 47.2 Å². The van der Waals surface area contributed by atoms with Crippen LogP contribution in [0.15, 0.2) is 36.4 Å². The number of hydrogen-bond donors (Lipinski definition) is 0. The number of nitro benzene ring substituents is 1. The fraction of sp³-hybridized carbons (Fsp3) is 0.235. The molecule has 5 heteroatoms. The Kier molecular flexibility index (Phi) is 3.41. The molecule has 0 amide bonds. The number of rotatable bonds is 3. The van der Waals surface area contributed by atoms with Crippen molar-refractivity contribution in [3.8, 4) is 11.1 Å². The summed E-state index contributed by atoms with van der Waals surface area (Å²) in [6.45, 7) is 1.81. The van der Waals surface area contributed by atoms with Gasteiger partial charge in [-0.3, -0.25) is 14.9 Å². The molecule has 1 aliphatic carbocycles. The van der Waals surface area contributed by atoms with Crippen LogP contribution in [0.2, 0.25) is 0 Å². The quantitative estimate of drug-likeness (QED) is 0.422. The standard InChI is InChI=1S/C17H15NO4/c1-10(17(19)22-2)11-3-5-15-12(7-11)8-13-9-14(18(20)21)4-6-16(13)15/h3-7,9-10H,8H2,1-2H3/t10-/m0/s1. The molecule has 0 N–H and O–H groups in total. The number of fused-ring (bicyclic) bond motifs is 3. The van der Waals surface area contributed by atoms with Crippen LogP contribution in [0.1, 0.15) is 29.5 Å². The first kappa shape index (κ1) is 14.3. The number of carbonyl (C=O) groups excluding carboxylic acids is 1. The zero-order valence-corrected chi connectivity index (χ0v) is 12.3. The summed E-state index contributed by atoms with van der Waals surface area (Å²) in [6.07, 6.45) is 0.647. The van der Waals surface area contributed by atoms with Crippen molar-refractivity contribution >= 4 is 11.7 Å². The predicted octanol–water partition coefficient (Wildman–Crippen LogP) is 3.44. The molecule has 0 heterocycles. The maximum atomic E-state index is 11.7. The van der Waals surface area contributed by atoms with E-state index >= 15 is 0 Å². The number of benzene rings is 2. The SMILES string of the molecule is COC(=O)[C@@H](C)c1ccc2c(c1)Cc1cc([N+](=O)[O-])ccc1-2. The second-order valence-corrected chi connectivity index (χ2v) is 5.44. The Bertz CT molecular complexity index is 782. The molecule has 2 aromatic rings. The number of esters is 1. The number of nitro groups is 1. The highest BCUT2D eigenvalue weighted by Gasteiger charge is 2.23. The van der Waals surface area contributed by atoms with Gasteiger partial charge in [0.2, 0.25) is 0 Å². The highest BCUT2D eigenvalue weighted by Crippen LogP contribution is 2.39. The Labute approximate surface area is 127 Å².